The summed E-state index contributed by atoms with van der Waals surface area (Å²) in [6.45, 7) is 3.34. The fourth-order valence-corrected chi connectivity index (χ4v) is 4.90. The second-order valence-corrected chi connectivity index (χ2v) is 9.63. The zero-order chi connectivity index (χ0) is 27.5. The summed E-state index contributed by atoms with van der Waals surface area (Å²) in [7, 11) is 1.53. The van der Waals surface area contributed by atoms with E-state index in [1.54, 1.807) is 25.3 Å². The maximum atomic E-state index is 14.8. The van der Waals surface area contributed by atoms with E-state index in [1.807, 2.05) is 19.1 Å². The van der Waals surface area contributed by atoms with E-state index < -0.39 is 11.9 Å². The molecule has 3 heterocycles. The van der Waals surface area contributed by atoms with Crippen LogP contribution < -0.4 is 14.8 Å². The number of carbonyl (C=O) groups excluding carboxylic acids is 1. The van der Waals surface area contributed by atoms with Crippen molar-refractivity contribution in [2.75, 3.05) is 25.6 Å². The molecule has 10 nitrogen and oxygen atoms in total. The topological polar surface area (TPSA) is 129 Å². The van der Waals surface area contributed by atoms with Crippen molar-refractivity contribution in [2.24, 2.45) is 0 Å². The number of nitrogens with zero attached hydrogens (tertiary/aromatic N) is 4. The fourth-order valence-electron chi connectivity index (χ4n) is 3.91. The van der Waals surface area contributed by atoms with Gasteiger partial charge in [-0.1, -0.05) is 0 Å². The summed E-state index contributed by atoms with van der Waals surface area (Å²) < 4.78 is 31.3. The molecule has 0 aliphatic rings. The smallest absolute Gasteiger partial charge is 0.411 e. The summed E-state index contributed by atoms with van der Waals surface area (Å²) in [5, 5.41) is 12.5. The summed E-state index contributed by atoms with van der Waals surface area (Å²) in [6, 6.07) is 8.38. The van der Waals surface area contributed by atoms with Crippen LogP contribution in [0.15, 0.2) is 42.7 Å². The lowest BCUT2D eigenvalue weighted by molar-refractivity contribution is 0.136. The van der Waals surface area contributed by atoms with Crippen molar-refractivity contribution in [3.05, 3.63) is 65.4 Å². The molecule has 0 bridgehead atoms. The van der Waals surface area contributed by atoms with E-state index in [1.165, 1.54) is 30.7 Å². The number of ether oxygens (including phenoxy) is 3. The predicted octanol–water partition coefficient (Wildman–Crippen LogP) is 5.19. The zero-order valence-electron chi connectivity index (χ0n) is 21.3. The molecule has 5 aromatic rings. The second kappa shape index (κ2) is 11.1. The van der Waals surface area contributed by atoms with Crippen LogP contribution in [0.1, 0.15) is 16.8 Å². The van der Waals surface area contributed by atoms with Crippen molar-refractivity contribution < 1.29 is 28.5 Å². The Labute approximate surface area is 226 Å². The van der Waals surface area contributed by atoms with Crippen LogP contribution in [-0.2, 0) is 11.3 Å². The van der Waals surface area contributed by atoms with E-state index >= 15 is 0 Å². The first-order valence-electron chi connectivity index (χ1n) is 11.9. The van der Waals surface area contributed by atoms with Gasteiger partial charge in [-0.15, -0.1) is 11.3 Å². The molecule has 1 amide bonds. The Morgan fingerprint density at radius 3 is 2.69 bits per heavy atom. The van der Waals surface area contributed by atoms with E-state index in [2.05, 4.69) is 25.3 Å². The highest BCUT2D eigenvalue weighted by molar-refractivity contribution is 7.21. The monoisotopic (exact) mass is 549 g/mol. The molecule has 0 saturated heterocycles. The molecule has 2 aromatic carbocycles. The Balaban J connectivity index is 1.27. The number of halogens is 1. The third kappa shape index (κ3) is 5.71. The average Bonchev–Trinajstić information content (AvgIpc) is 3.33. The lowest BCUT2D eigenvalue weighted by atomic mass is 10.1. The van der Waals surface area contributed by atoms with Gasteiger partial charge in [0.15, 0.2) is 11.6 Å². The van der Waals surface area contributed by atoms with Crippen LogP contribution in [0.3, 0.4) is 0 Å². The van der Waals surface area contributed by atoms with Crippen molar-refractivity contribution >= 4 is 44.4 Å². The summed E-state index contributed by atoms with van der Waals surface area (Å²) in [6.07, 6.45) is 2.29. The van der Waals surface area contributed by atoms with E-state index in [4.69, 9.17) is 14.2 Å². The highest BCUT2D eigenvalue weighted by atomic mass is 32.1. The van der Waals surface area contributed by atoms with Crippen molar-refractivity contribution in [2.45, 2.75) is 20.5 Å². The van der Waals surface area contributed by atoms with Gasteiger partial charge in [0.25, 0.3) is 0 Å². The first kappa shape index (κ1) is 26.2. The van der Waals surface area contributed by atoms with Gasteiger partial charge in [0.2, 0.25) is 5.88 Å². The minimum Gasteiger partial charge on any atom is -0.487 e. The average molecular weight is 550 g/mol. The quantitative estimate of drug-likeness (QED) is 0.251. The zero-order valence-corrected chi connectivity index (χ0v) is 22.1. The molecule has 12 heteroatoms. The first-order chi connectivity index (χ1) is 18.8. The Kier molecular flexibility index (Phi) is 7.48. The Morgan fingerprint density at radius 2 is 1.90 bits per heavy atom. The number of nitrogens with one attached hydrogen (secondary N) is 1. The standard InChI is InChI=1S/C27H24FN5O5S/c1-14-6-18(25-21(7-14)32-24(36-3)12-30-25)26-33-20-9-19(28)22(10-23(20)39-26)37-4-5-38-27(35)31-17-8-16(13-34)15(2)29-11-17/h6-12,34H,4-5,13H2,1-3H3,(H,31,35). The number of carbonyl (C=O) groups is 1. The van der Waals surface area contributed by atoms with Gasteiger partial charge in [-0.2, -0.15) is 0 Å². The number of aryl methyl sites for hydroxylation is 2. The van der Waals surface area contributed by atoms with Crippen molar-refractivity contribution in [1.82, 2.24) is 19.9 Å². The van der Waals surface area contributed by atoms with Gasteiger partial charge in [-0.05, 0) is 37.6 Å². The number of benzene rings is 2. The molecule has 200 valence electrons. The van der Waals surface area contributed by atoms with Crippen LogP contribution in [0.25, 0.3) is 31.8 Å². The van der Waals surface area contributed by atoms with E-state index in [9.17, 15) is 14.3 Å². The highest BCUT2D eigenvalue weighted by Crippen LogP contribution is 2.37. The van der Waals surface area contributed by atoms with Crippen molar-refractivity contribution in [1.29, 1.82) is 0 Å². The number of pyridine rings is 1. The van der Waals surface area contributed by atoms with Gasteiger partial charge in [0, 0.05) is 29.0 Å². The minimum atomic E-state index is -0.720. The summed E-state index contributed by atoms with van der Waals surface area (Å²) in [4.78, 5) is 29.8. The number of aliphatic hydroxyl groups is 1. The molecule has 0 spiro atoms. The molecule has 0 aliphatic carbocycles. The molecule has 0 atom stereocenters. The summed E-state index contributed by atoms with van der Waals surface area (Å²) >= 11 is 1.38. The van der Waals surface area contributed by atoms with Crippen LogP contribution in [-0.4, -0.2) is 51.5 Å². The summed E-state index contributed by atoms with van der Waals surface area (Å²) in [5.74, 6) is -0.142. The van der Waals surface area contributed by atoms with E-state index in [-0.39, 0.29) is 25.6 Å². The molecule has 0 aliphatic heterocycles. The number of fused-ring (bicyclic) bond motifs is 2. The molecule has 3 aromatic heterocycles. The summed E-state index contributed by atoms with van der Waals surface area (Å²) in [5.41, 5.74) is 5.25. The predicted molar refractivity (Wildman–Crippen MR) is 145 cm³/mol. The van der Waals surface area contributed by atoms with E-state index in [0.717, 1.165) is 15.8 Å². The van der Waals surface area contributed by atoms with Gasteiger partial charge in [0.05, 0.1) is 53.0 Å². The number of methoxy groups -OCH3 is 1. The van der Waals surface area contributed by atoms with Crippen LogP contribution in [0.5, 0.6) is 11.6 Å². The molecule has 0 saturated carbocycles. The first-order valence-corrected chi connectivity index (χ1v) is 12.7. The Bertz CT molecular complexity index is 1690. The number of aliphatic hydroxyl groups excluding tert-OH is 1. The van der Waals surface area contributed by atoms with Crippen LogP contribution in [0.2, 0.25) is 0 Å². The van der Waals surface area contributed by atoms with Gasteiger partial charge >= 0.3 is 6.09 Å². The molecular weight excluding hydrogens is 525 g/mol. The number of hydrogen-bond donors (Lipinski definition) is 2. The van der Waals surface area contributed by atoms with Crippen molar-refractivity contribution in [3.63, 3.8) is 0 Å². The number of thiazole rings is 1. The van der Waals surface area contributed by atoms with Crippen LogP contribution in [0.4, 0.5) is 14.9 Å². The molecule has 5 rings (SSSR count). The second-order valence-electron chi connectivity index (χ2n) is 8.60. The minimum absolute atomic E-state index is 0.0238. The largest absolute Gasteiger partial charge is 0.487 e. The molecule has 0 radical (unpaired) electrons. The van der Waals surface area contributed by atoms with Crippen LogP contribution in [0, 0.1) is 19.7 Å². The van der Waals surface area contributed by atoms with Gasteiger partial charge in [0.1, 0.15) is 18.2 Å². The Morgan fingerprint density at radius 1 is 1.05 bits per heavy atom. The maximum absolute atomic E-state index is 14.8. The SMILES string of the molecule is COc1cnc2c(-c3nc4cc(F)c(OCCOC(=O)Nc5cnc(C)c(CO)c5)cc4s3)cc(C)cc2n1. The molecule has 2 N–H and O–H groups in total. The fraction of sp³-hybridized carbons (Fsp3) is 0.222. The Hall–Kier alpha value is -4.42. The molecule has 39 heavy (non-hydrogen) atoms. The third-order valence-corrected chi connectivity index (χ3v) is 6.88. The highest BCUT2D eigenvalue weighted by Gasteiger charge is 2.16. The van der Waals surface area contributed by atoms with Gasteiger partial charge in [-0.25, -0.2) is 24.1 Å². The number of hydrogen-bond acceptors (Lipinski definition) is 10. The van der Waals surface area contributed by atoms with Crippen molar-refractivity contribution in [3.8, 4) is 22.2 Å². The van der Waals surface area contributed by atoms with Gasteiger partial charge < -0.3 is 19.3 Å². The number of amides is 1. The molecule has 0 fully saturated rings. The van der Waals surface area contributed by atoms with Gasteiger partial charge in [-0.3, -0.25) is 10.3 Å². The number of anilines is 1. The van der Waals surface area contributed by atoms with Crippen LogP contribution >= 0.6 is 11.3 Å². The molecular formula is C27H24FN5O5S. The van der Waals surface area contributed by atoms with E-state index in [0.29, 0.717) is 44.4 Å². The lowest BCUT2D eigenvalue weighted by Gasteiger charge is -2.10. The maximum Gasteiger partial charge on any atom is 0.411 e. The molecule has 0 unspecified atom stereocenters. The number of rotatable bonds is 8. The third-order valence-electron chi connectivity index (χ3n) is 5.83. The number of aromatic nitrogens is 4. The lowest BCUT2D eigenvalue weighted by Crippen LogP contribution is -2.18. The normalized spacial score (nSPS) is 11.1.